The fourth-order valence-corrected chi connectivity index (χ4v) is 4.77. The van der Waals surface area contributed by atoms with Crippen molar-refractivity contribution >= 4 is 54.0 Å². The number of fused-ring (bicyclic) bond motifs is 1. The molecule has 2 N–H and O–H groups in total. The van der Waals surface area contributed by atoms with E-state index in [0.717, 1.165) is 10.3 Å². The number of benzene rings is 2. The number of carbonyl (C=O) groups excluding carboxylic acids is 1. The largest absolute Gasteiger partial charge is 0.494 e. The summed E-state index contributed by atoms with van der Waals surface area (Å²) >= 11 is 7.14. The molecule has 1 aromatic heterocycles. The maximum Gasteiger partial charge on any atom is 0.239 e. The highest BCUT2D eigenvalue weighted by Gasteiger charge is 2.17. The Bertz CT molecular complexity index is 1110. The van der Waals surface area contributed by atoms with Crippen molar-refractivity contribution in [2.75, 3.05) is 18.3 Å². The molecule has 28 heavy (non-hydrogen) atoms. The molecular formula is C18H18ClN3O4S2. The van der Waals surface area contributed by atoms with Crippen molar-refractivity contribution in [2.45, 2.75) is 18.2 Å². The van der Waals surface area contributed by atoms with E-state index < -0.39 is 15.7 Å². The number of sulfone groups is 1. The van der Waals surface area contributed by atoms with Crippen LogP contribution in [0.15, 0.2) is 41.3 Å². The zero-order valence-electron chi connectivity index (χ0n) is 15.2. The second-order valence-electron chi connectivity index (χ2n) is 5.98. The van der Waals surface area contributed by atoms with Crippen molar-refractivity contribution in [3.05, 3.63) is 47.0 Å². The smallest absolute Gasteiger partial charge is 0.239 e. The van der Waals surface area contributed by atoms with Gasteiger partial charge in [0, 0.05) is 11.4 Å². The number of hydrazine groups is 1. The molecule has 1 amide bonds. The third-order valence-corrected chi connectivity index (χ3v) is 7.09. The molecule has 3 aromatic rings. The predicted molar refractivity (Wildman–Crippen MR) is 111 cm³/mol. The molecule has 0 atom stereocenters. The van der Waals surface area contributed by atoms with Gasteiger partial charge in [0.15, 0.2) is 9.84 Å². The summed E-state index contributed by atoms with van der Waals surface area (Å²) in [6, 6.07) is 9.61. The number of thiazole rings is 1. The molecule has 2 aromatic carbocycles. The third-order valence-electron chi connectivity index (χ3n) is 4.00. The Hall–Kier alpha value is -2.36. The molecule has 0 bridgehead atoms. The lowest BCUT2D eigenvalue weighted by molar-refractivity contribution is -0.120. The molecule has 0 unspecified atom stereocenters. The van der Waals surface area contributed by atoms with Crippen molar-refractivity contribution in [2.24, 2.45) is 0 Å². The lowest BCUT2D eigenvalue weighted by Crippen LogP contribution is -2.30. The minimum absolute atomic E-state index is 0.131. The first-order valence-electron chi connectivity index (χ1n) is 8.27. The van der Waals surface area contributed by atoms with Crippen LogP contribution in [-0.2, 0) is 14.6 Å². The number of carbonyl (C=O) groups is 1. The highest BCUT2D eigenvalue weighted by Crippen LogP contribution is 2.34. The van der Waals surface area contributed by atoms with Crippen LogP contribution >= 0.6 is 22.9 Å². The number of hydrogen-bond donors (Lipinski definition) is 2. The van der Waals surface area contributed by atoms with Gasteiger partial charge in [-0.1, -0.05) is 29.0 Å². The highest BCUT2D eigenvalue weighted by molar-refractivity contribution is 7.91. The van der Waals surface area contributed by atoms with E-state index in [1.165, 1.54) is 35.6 Å². The van der Waals surface area contributed by atoms with Crippen molar-refractivity contribution in [3.8, 4) is 5.75 Å². The van der Waals surface area contributed by atoms with Crippen molar-refractivity contribution in [3.63, 3.8) is 0 Å². The molecule has 0 fully saturated rings. The number of ether oxygens (including phenoxy) is 1. The summed E-state index contributed by atoms with van der Waals surface area (Å²) in [6.07, 6.45) is -0.189. The minimum atomic E-state index is -3.57. The molecule has 0 radical (unpaired) electrons. The Kier molecular flexibility index (Phi) is 6.07. The van der Waals surface area contributed by atoms with Gasteiger partial charge in [0.25, 0.3) is 0 Å². The van der Waals surface area contributed by atoms with Gasteiger partial charge in [-0.2, -0.15) is 0 Å². The van der Waals surface area contributed by atoms with E-state index in [-0.39, 0.29) is 17.1 Å². The molecular weight excluding hydrogens is 422 g/mol. The molecule has 0 saturated carbocycles. The van der Waals surface area contributed by atoms with Crippen LogP contribution in [0.4, 0.5) is 5.13 Å². The van der Waals surface area contributed by atoms with Gasteiger partial charge in [0.2, 0.25) is 11.0 Å². The summed E-state index contributed by atoms with van der Waals surface area (Å²) in [5.41, 5.74) is 6.97. The van der Waals surface area contributed by atoms with E-state index in [4.69, 9.17) is 16.3 Å². The second kappa shape index (κ2) is 8.34. The zero-order valence-corrected chi connectivity index (χ0v) is 17.5. The first-order chi connectivity index (χ1) is 13.3. The molecule has 0 saturated heterocycles. The number of aryl methyl sites for hydroxylation is 1. The maximum atomic E-state index is 12.3. The van der Waals surface area contributed by atoms with Gasteiger partial charge in [-0.25, -0.2) is 13.4 Å². The van der Waals surface area contributed by atoms with Crippen molar-refractivity contribution in [1.29, 1.82) is 0 Å². The fourth-order valence-electron chi connectivity index (χ4n) is 2.50. The van der Waals surface area contributed by atoms with Gasteiger partial charge in [-0.05, 0) is 42.8 Å². The SMILES string of the molecule is COc1ccc(C)c2sc(NNC(=O)CCS(=O)(=O)c3ccc(Cl)cc3)nc12. The average Bonchev–Trinajstić information content (AvgIpc) is 3.11. The average molecular weight is 440 g/mol. The van der Waals surface area contributed by atoms with E-state index in [9.17, 15) is 13.2 Å². The first-order valence-corrected chi connectivity index (χ1v) is 11.1. The molecule has 148 valence electrons. The number of amides is 1. The molecule has 10 heteroatoms. The van der Waals surface area contributed by atoms with Crippen LogP contribution in [0.2, 0.25) is 5.02 Å². The van der Waals surface area contributed by atoms with Crippen LogP contribution < -0.4 is 15.6 Å². The number of methoxy groups -OCH3 is 1. The van der Waals surface area contributed by atoms with E-state index in [0.29, 0.717) is 21.4 Å². The van der Waals surface area contributed by atoms with Crippen LogP contribution in [-0.4, -0.2) is 32.2 Å². The normalized spacial score (nSPS) is 11.4. The number of nitrogens with one attached hydrogen (secondary N) is 2. The van der Waals surface area contributed by atoms with Crippen LogP contribution in [0.5, 0.6) is 5.75 Å². The number of rotatable bonds is 7. The van der Waals surface area contributed by atoms with Crippen LogP contribution in [0.1, 0.15) is 12.0 Å². The number of halogens is 1. The second-order valence-corrected chi connectivity index (χ2v) is 9.52. The van der Waals surface area contributed by atoms with Gasteiger partial charge in [-0.3, -0.25) is 15.6 Å². The van der Waals surface area contributed by atoms with E-state index in [2.05, 4.69) is 15.8 Å². The molecule has 0 aliphatic heterocycles. The third kappa shape index (κ3) is 4.54. The lowest BCUT2D eigenvalue weighted by Gasteiger charge is -2.06. The van der Waals surface area contributed by atoms with Crippen LogP contribution in [0.3, 0.4) is 0 Å². The van der Waals surface area contributed by atoms with Crippen LogP contribution in [0.25, 0.3) is 10.2 Å². The summed E-state index contributed by atoms with van der Waals surface area (Å²) < 4.78 is 30.8. The molecule has 7 nitrogen and oxygen atoms in total. The van der Waals surface area contributed by atoms with Gasteiger partial charge in [-0.15, -0.1) is 0 Å². The molecule has 0 aliphatic carbocycles. The van der Waals surface area contributed by atoms with Gasteiger partial charge in [0.1, 0.15) is 11.3 Å². The van der Waals surface area contributed by atoms with E-state index in [1.54, 1.807) is 7.11 Å². The molecule has 1 heterocycles. The van der Waals surface area contributed by atoms with Crippen molar-refractivity contribution in [1.82, 2.24) is 10.4 Å². The summed E-state index contributed by atoms with van der Waals surface area (Å²) in [6.45, 7) is 1.96. The summed E-state index contributed by atoms with van der Waals surface area (Å²) in [5, 5.41) is 0.931. The maximum absolute atomic E-state index is 12.3. The highest BCUT2D eigenvalue weighted by atomic mass is 35.5. The Labute approximate surface area is 171 Å². The standard InChI is InChI=1S/C18H18ClN3O4S2/c1-11-3-8-14(26-2)16-17(11)27-18(20-16)22-21-15(23)9-10-28(24,25)13-6-4-12(19)5-7-13/h3-8H,9-10H2,1-2H3,(H,20,22)(H,21,23). The van der Waals surface area contributed by atoms with Gasteiger partial charge in [0.05, 0.1) is 22.5 Å². The Balaban J connectivity index is 1.61. The lowest BCUT2D eigenvalue weighted by atomic mass is 10.2. The summed E-state index contributed by atoms with van der Waals surface area (Å²) in [5.74, 6) is -0.125. The quantitative estimate of drug-likeness (QED) is 0.546. The Morgan fingerprint density at radius 2 is 1.93 bits per heavy atom. The Morgan fingerprint density at radius 1 is 1.21 bits per heavy atom. The molecule has 0 spiro atoms. The topological polar surface area (TPSA) is 97.4 Å². The molecule has 0 aliphatic rings. The minimum Gasteiger partial charge on any atom is -0.494 e. The number of anilines is 1. The predicted octanol–water partition coefficient (Wildman–Crippen LogP) is 3.57. The number of aromatic nitrogens is 1. The van der Waals surface area contributed by atoms with E-state index in [1.807, 2.05) is 19.1 Å². The fraction of sp³-hybridized carbons (Fsp3) is 0.222. The first kappa shape index (κ1) is 20.4. The van der Waals surface area contributed by atoms with Gasteiger partial charge >= 0.3 is 0 Å². The summed E-state index contributed by atoms with van der Waals surface area (Å²) in [4.78, 5) is 16.6. The zero-order chi connectivity index (χ0) is 20.3. The molecule has 3 rings (SSSR count). The van der Waals surface area contributed by atoms with Gasteiger partial charge < -0.3 is 4.74 Å². The number of nitrogens with zero attached hydrogens (tertiary/aromatic N) is 1. The monoisotopic (exact) mass is 439 g/mol. The van der Waals surface area contributed by atoms with E-state index >= 15 is 0 Å². The Morgan fingerprint density at radius 3 is 2.61 bits per heavy atom. The summed E-state index contributed by atoms with van der Waals surface area (Å²) in [7, 11) is -2.00. The number of hydrogen-bond acceptors (Lipinski definition) is 7. The van der Waals surface area contributed by atoms with Crippen LogP contribution in [0, 0.1) is 6.92 Å². The van der Waals surface area contributed by atoms with Crippen molar-refractivity contribution < 1.29 is 17.9 Å².